The molecular weight excluding hydrogens is 368 g/mol. The van der Waals surface area contributed by atoms with E-state index in [1.807, 2.05) is 24.3 Å². The zero-order valence-electron chi connectivity index (χ0n) is 15.1. The standard InChI is InChI=1S/C19H24N4O3.ClH/c24-16(21-10-7-13-6-9-20-11-13)12-23-17(25)19(22-18(23)26)8-5-14-3-1-2-4-15(14)19;/h1-4,13,20H,5-12H2,(H,21,24)(H,22,26);1H. The number of carbonyl (C=O) groups excluding carboxylic acids is 3. The Morgan fingerprint density at radius 1 is 1.30 bits per heavy atom. The largest absolute Gasteiger partial charge is 0.355 e. The highest BCUT2D eigenvalue weighted by atomic mass is 35.5. The van der Waals surface area contributed by atoms with Crippen molar-refractivity contribution >= 4 is 30.3 Å². The Hall–Kier alpha value is -2.12. The predicted octanol–water partition coefficient (Wildman–Crippen LogP) is 0.918. The average Bonchev–Trinajstić information content (AvgIpc) is 3.33. The van der Waals surface area contributed by atoms with Gasteiger partial charge in [0, 0.05) is 6.54 Å². The van der Waals surface area contributed by atoms with Crippen LogP contribution < -0.4 is 16.0 Å². The molecule has 8 heteroatoms. The molecule has 3 N–H and O–H groups in total. The lowest BCUT2D eigenvalue weighted by Gasteiger charge is -2.22. The number of imide groups is 1. The topological polar surface area (TPSA) is 90.5 Å². The Morgan fingerprint density at radius 2 is 2.11 bits per heavy atom. The minimum Gasteiger partial charge on any atom is -0.355 e. The molecule has 146 valence electrons. The highest BCUT2D eigenvalue weighted by Crippen LogP contribution is 2.41. The summed E-state index contributed by atoms with van der Waals surface area (Å²) in [6.07, 6.45) is 3.34. The van der Waals surface area contributed by atoms with Crippen LogP contribution in [0.2, 0.25) is 0 Å². The van der Waals surface area contributed by atoms with E-state index in [1.54, 1.807) is 0 Å². The number of rotatable bonds is 5. The predicted molar refractivity (Wildman–Crippen MR) is 103 cm³/mol. The fourth-order valence-corrected chi connectivity index (χ4v) is 4.31. The summed E-state index contributed by atoms with van der Waals surface area (Å²) in [5.41, 5.74) is 0.941. The van der Waals surface area contributed by atoms with Gasteiger partial charge in [0.2, 0.25) is 5.91 Å². The quantitative estimate of drug-likeness (QED) is 0.650. The minimum atomic E-state index is -0.997. The van der Waals surface area contributed by atoms with Crippen LogP contribution in [0, 0.1) is 5.92 Å². The molecule has 2 saturated heterocycles. The summed E-state index contributed by atoms with van der Waals surface area (Å²) in [5, 5.41) is 8.97. The van der Waals surface area contributed by atoms with E-state index in [-0.39, 0.29) is 30.8 Å². The summed E-state index contributed by atoms with van der Waals surface area (Å²) in [7, 11) is 0. The van der Waals surface area contributed by atoms with Gasteiger partial charge >= 0.3 is 6.03 Å². The Kier molecular flexibility index (Phi) is 5.72. The molecule has 2 fully saturated rings. The van der Waals surface area contributed by atoms with Gasteiger partial charge in [-0.1, -0.05) is 24.3 Å². The third-order valence-corrected chi connectivity index (χ3v) is 5.76. The second-order valence-electron chi connectivity index (χ2n) is 7.38. The second-order valence-corrected chi connectivity index (χ2v) is 7.38. The van der Waals surface area contributed by atoms with E-state index in [1.165, 1.54) is 0 Å². The van der Waals surface area contributed by atoms with Gasteiger partial charge in [0.25, 0.3) is 5.91 Å². The molecule has 2 atom stereocenters. The van der Waals surface area contributed by atoms with Gasteiger partial charge in [-0.15, -0.1) is 12.4 Å². The van der Waals surface area contributed by atoms with E-state index >= 15 is 0 Å². The first kappa shape index (κ1) is 19.6. The first-order chi connectivity index (χ1) is 12.6. The van der Waals surface area contributed by atoms with Gasteiger partial charge < -0.3 is 16.0 Å². The number of hydrogen-bond donors (Lipinski definition) is 3. The summed E-state index contributed by atoms with van der Waals surface area (Å²) in [5.74, 6) is -0.0179. The van der Waals surface area contributed by atoms with Gasteiger partial charge in [-0.3, -0.25) is 14.5 Å². The van der Waals surface area contributed by atoms with Gasteiger partial charge in [-0.2, -0.15) is 0 Å². The number of nitrogens with zero attached hydrogens (tertiary/aromatic N) is 1. The summed E-state index contributed by atoms with van der Waals surface area (Å²) in [6.45, 7) is 2.37. The SMILES string of the molecule is Cl.O=C(CN1C(=O)NC2(CCc3ccccc32)C1=O)NCCC1CCNC1. The Balaban J connectivity index is 0.00000210. The second kappa shape index (κ2) is 7.86. The molecule has 0 radical (unpaired) electrons. The van der Waals surface area contributed by atoms with E-state index in [2.05, 4.69) is 16.0 Å². The minimum absolute atomic E-state index is 0. The van der Waals surface area contributed by atoms with Crippen molar-refractivity contribution in [2.75, 3.05) is 26.2 Å². The fourth-order valence-electron chi connectivity index (χ4n) is 4.31. The number of fused-ring (bicyclic) bond motifs is 2. The lowest BCUT2D eigenvalue weighted by atomic mass is 9.92. The molecule has 2 unspecified atom stereocenters. The van der Waals surface area contributed by atoms with Gasteiger partial charge in [-0.25, -0.2) is 4.79 Å². The fraction of sp³-hybridized carbons (Fsp3) is 0.526. The van der Waals surface area contributed by atoms with Crippen molar-refractivity contribution in [3.8, 4) is 0 Å². The number of urea groups is 1. The van der Waals surface area contributed by atoms with Crippen LogP contribution in [0.25, 0.3) is 0 Å². The molecule has 1 aromatic carbocycles. The van der Waals surface area contributed by atoms with E-state index in [9.17, 15) is 14.4 Å². The van der Waals surface area contributed by atoms with Crippen molar-refractivity contribution < 1.29 is 14.4 Å². The zero-order valence-corrected chi connectivity index (χ0v) is 15.9. The van der Waals surface area contributed by atoms with Gasteiger partial charge in [-0.05, 0) is 55.8 Å². The van der Waals surface area contributed by atoms with Crippen molar-refractivity contribution in [3.05, 3.63) is 35.4 Å². The van der Waals surface area contributed by atoms with Gasteiger partial charge in [0.15, 0.2) is 0 Å². The van der Waals surface area contributed by atoms with Crippen LogP contribution in [-0.2, 0) is 21.5 Å². The Bertz CT molecular complexity index is 750. The number of aryl methyl sites for hydroxylation is 1. The highest BCUT2D eigenvalue weighted by molar-refractivity contribution is 6.09. The smallest absolute Gasteiger partial charge is 0.325 e. The highest BCUT2D eigenvalue weighted by Gasteiger charge is 2.55. The lowest BCUT2D eigenvalue weighted by molar-refractivity contribution is -0.135. The molecule has 4 amide bonds. The van der Waals surface area contributed by atoms with Crippen molar-refractivity contribution in [2.24, 2.45) is 5.92 Å². The van der Waals surface area contributed by atoms with E-state index in [0.29, 0.717) is 18.9 Å². The summed E-state index contributed by atoms with van der Waals surface area (Å²) < 4.78 is 0. The van der Waals surface area contributed by atoms with E-state index < -0.39 is 11.6 Å². The zero-order chi connectivity index (χ0) is 18.1. The van der Waals surface area contributed by atoms with Crippen LogP contribution >= 0.6 is 12.4 Å². The van der Waals surface area contributed by atoms with Gasteiger partial charge in [0.05, 0.1) is 0 Å². The van der Waals surface area contributed by atoms with Crippen molar-refractivity contribution in [2.45, 2.75) is 31.2 Å². The molecule has 4 rings (SSSR count). The Labute approximate surface area is 164 Å². The number of amides is 4. The molecule has 27 heavy (non-hydrogen) atoms. The first-order valence-corrected chi connectivity index (χ1v) is 9.30. The molecule has 2 aliphatic heterocycles. The number of nitrogens with one attached hydrogen (secondary N) is 3. The molecule has 1 aliphatic carbocycles. The van der Waals surface area contributed by atoms with Crippen LogP contribution in [0.1, 0.15) is 30.4 Å². The molecule has 7 nitrogen and oxygen atoms in total. The molecule has 0 saturated carbocycles. The number of hydrogen-bond acceptors (Lipinski definition) is 4. The lowest BCUT2D eigenvalue weighted by Crippen LogP contribution is -2.44. The maximum atomic E-state index is 13.0. The summed E-state index contributed by atoms with van der Waals surface area (Å²) in [4.78, 5) is 38.6. The Morgan fingerprint density at radius 3 is 2.89 bits per heavy atom. The number of benzene rings is 1. The third-order valence-electron chi connectivity index (χ3n) is 5.76. The van der Waals surface area contributed by atoms with Gasteiger partial charge in [0.1, 0.15) is 12.1 Å². The molecule has 1 spiro atoms. The summed E-state index contributed by atoms with van der Waals surface area (Å²) >= 11 is 0. The van der Waals surface area contributed by atoms with Crippen molar-refractivity contribution in [1.82, 2.24) is 20.9 Å². The molecule has 2 heterocycles. The first-order valence-electron chi connectivity index (χ1n) is 9.30. The molecule has 0 bridgehead atoms. The normalized spacial score (nSPS) is 26.1. The maximum Gasteiger partial charge on any atom is 0.325 e. The monoisotopic (exact) mass is 392 g/mol. The molecular formula is C19H25ClN4O3. The van der Waals surface area contributed by atoms with Crippen LogP contribution in [0.4, 0.5) is 4.79 Å². The molecule has 3 aliphatic rings. The average molecular weight is 393 g/mol. The summed E-state index contributed by atoms with van der Waals surface area (Å²) in [6, 6.07) is 7.20. The van der Waals surface area contributed by atoms with E-state index in [4.69, 9.17) is 0 Å². The number of halogens is 1. The molecule has 0 aromatic heterocycles. The van der Waals surface area contributed by atoms with Crippen LogP contribution in [0.3, 0.4) is 0 Å². The molecule has 1 aromatic rings. The van der Waals surface area contributed by atoms with Crippen LogP contribution in [-0.4, -0.2) is 48.9 Å². The van der Waals surface area contributed by atoms with Crippen LogP contribution in [0.5, 0.6) is 0 Å². The third kappa shape index (κ3) is 3.53. The van der Waals surface area contributed by atoms with Crippen molar-refractivity contribution in [3.63, 3.8) is 0 Å². The van der Waals surface area contributed by atoms with Crippen molar-refractivity contribution in [1.29, 1.82) is 0 Å². The number of carbonyl (C=O) groups is 3. The van der Waals surface area contributed by atoms with Crippen LogP contribution in [0.15, 0.2) is 24.3 Å². The maximum absolute atomic E-state index is 13.0. The van der Waals surface area contributed by atoms with E-state index in [0.717, 1.165) is 48.4 Å².